The lowest BCUT2D eigenvalue weighted by Crippen LogP contribution is -1.91. The molecule has 0 aromatic carbocycles. The Morgan fingerprint density at radius 2 is 2.00 bits per heavy atom. The molecule has 0 heterocycles. The zero-order valence-electron chi connectivity index (χ0n) is 4.45. The van der Waals surface area contributed by atoms with Crippen molar-refractivity contribution in [2.45, 2.75) is 11.0 Å². The number of rotatable bonds is 4. The predicted octanol–water partition coefficient (Wildman–Crippen LogP) is 2.18. The molecule has 0 radical (unpaired) electrons. The molecule has 0 amide bonds. The Labute approximate surface area is 71.4 Å². The molecule has 0 spiro atoms. The van der Waals surface area contributed by atoms with Gasteiger partial charge in [-0.1, -0.05) is 0 Å². The lowest BCUT2D eigenvalue weighted by Gasteiger charge is -2.03. The fraction of sp³-hybridized carbons (Fsp3) is 1.00. The fourth-order valence-corrected chi connectivity index (χ4v) is 2.62. The number of hydrogen-bond donors (Lipinski definition) is 3. The molecule has 0 aliphatic carbocycles. The highest BCUT2D eigenvalue weighted by atomic mass is 32.2. The third-order valence-electron chi connectivity index (χ3n) is 0.643. The maximum absolute atomic E-state index is 4.26. The van der Waals surface area contributed by atoms with Gasteiger partial charge in [0.25, 0.3) is 0 Å². The van der Waals surface area contributed by atoms with E-state index in [0.29, 0.717) is 4.58 Å². The minimum absolute atomic E-state index is 0.421. The van der Waals surface area contributed by atoms with Crippen LogP contribution in [-0.4, -0.2) is 15.4 Å². The summed E-state index contributed by atoms with van der Waals surface area (Å²) in [4.78, 5) is 0. The first-order valence-corrected chi connectivity index (χ1v) is 5.15. The van der Waals surface area contributed by atoms with Crippen molar-refractivity contribution in [3.05, 3.63) is 0 Å². The highest BCUT2D eigenvalue weighted by molar-refractivity contribution is 8.16. The van der Waals surface area contributed by atoms with Gasteiger partial charge < -0.3 is 0 Å². The van der Waals surface area contributed by atoms with Crippen LogP contribution in [-0.2, 0) is 0 Å². The molecule has 0 N–H and O–H groups in total. The summed E-state index contributed by atoms with van der Waals surface area (Å²) in [6, 6.07) is 0. The van der Waals surface area contributed by atoms with Gasteiger partial charge in [0, 0.05) is 9.67 Å². The minimum Gasteiger partial charge on any atom is -0.179 e. The van der Waals surface area contributed by atoms with Crippen molar-refractivity contribution >= 4 is 49.6 Å². The van der Waals surface area contributed by atoms with E-state index < -0.39 is 0 Å². The van der Waals surface area contributed by atoms with Crippen molar-refractivity contribution < 1.29 is 0 Å². The third kappa shape index (κ3) is 5.54. The number of thiol groups is 3. The van der Waals surface area contributed by atoms with E-state index in [-0.39, 0.29) is 0 Å². The van der Waals surface area contributed by atoms with Gasteiger partial charge >= 0.3 is 0 Å². The van der Waals surface area contributed by atoms with Gasteiger partial charge in [0.1, 0.15) is 0 Å². The van der Waals surface area contributed by atoms with E-state index in [4.69, 9.17) is 0 Å². The SMILES string of the molecule is SCCC(S)SCS. The van der Waals surface area contributed by atoms with Crippen molar-refractivity contribution in [2.75, 3.05) is 10.8 Å². The zero-order valence-corrected chi connectivity index (χ0v) is 7.95. The van der Waals surface area contributed by atoms with E-state index >= 15 is 0 Å². The Hall–Kier alpha value is 1.40. The first-order valence-electron chi connectivity index (χ1n) is 2.32. The Bertz CT molecular complexity index is 41.3. The number of hydrogen-bond acceptors (Lipinski definition) is 4. The maximum Gasteiger partial charge on any atom is 0.0488 e. The molecule has 0 aliphatic heterocycles. The smallest absolute Gasteiger partial charge is 0.0488 e. The van der Waals surface area contributed by atoms with Crippen LogP contribution in [0.15, 0.2) is 0 Å². The highest BCUT2D eigenvalue weighted by Gasteiger charge is 1.97. The molecule has 50 valence electrons. The molecule has 0 saturated carbocycles. The van der Waals surface area contributed by atoms with Crippen LogP contribution < -0.4 is 0 Å². The van der Waals surface area contributed by atoms with Crippen molar-refractivity contribution in [1.82, 2.24) is 0 Å². The van der Waals surface area contributed by atoms with Crippen LogP contribution in [0.4, 0.5) is 0 Å². The van der Waals surface area contributed by atoms with Gasteiger partial charge in [0.05, 0.1) is 0 Å². The van der Waals surface area contributed by atoms with E-state index in [1.807, 2.05) is 0 Å². The summed E-state index contributed by atoms with van der Waals surface area (Å²) in [5.41, 5.74) is 0. The predicted molar refractivity (Wildman–Crippen MR) is 52.7 cm³/mol. The molecule has 0 fully saturated rings. The second-order valence-corrected chi connectivity index (χ2v) is 4.62. The maximum atomic E-state index is 4.26. The molecule has 0 aliphatic rings. The van der Waals surface area contributed by atoms with Crippen LogP contribution in [0.5, 0.6) is 0 Å². The van der Waals surface area contributed by atoms with E-state index in [1.165, 1.54) is 0 Å². The molecule has 0 nitrogen and oxygen atoms in total. The Balaban J connectivity index is 2.92. The van der Waals surface area contributed by atoms with Crippen molar-refractivity contribution in [3.63, 3.8) is 0 Å². The standard InChI is InChI=1S/C4H10S4/c5-2-1-4(7)8-3-6/h4-7H,1-3H2. The van der Waals surface area contributed by atoms with Crippen LogP contribution in [0.25, 0.3) is 0 Å². The Morgan fingerprint density at radius 1 is 1.38 bits per heavy atom. The van der Waals surface area contributed by atoms with Gasteiger partial charge in [0.2, 0.25) is 0 Å². The summed E-state index contributed by atoms with van der Waals surface area (Å²) in [6.07, 6.45) is 1.05. The highest BCUT2D eigenvalue weighted by Crippen LogP contribution is 2.18. The monoisotopic (exact) mass is 186 g/mol. The van der Waals surface area contributed by atoms with Crippen LogP contribution >= 0.6 is 49.6 Å². The third-order valence-corrected chi connectivity index (χ3v) is 2.82. The summed E-state index contributed by atoms with van der Waals surface area (Å²) in [6.45, 7) is 0. The summed E-state index contributed by atoms with van der Waals surface area (Å²) in [5.74, 6) is 0.912. The lowest BCUT2D eigenvalue weighted by atomic mass is 10.6. The second-order valence-electron chi connectivity index (χ2n) is 1.26. The van der Waals surface area contributed by atoms with E-state index in [9.17, 15) is 0 Å². The lowest BCUT2D eigenvalue weighted by molar-refractivity contribution is 1.09. The Kier molecular flexibility index (Phi) is 7.66. The molecule has 1 unspecified atom stereocenters. The van der Waals surface area contributed by atoms with Gasteiger partial charge in [-0.2, -0.15) is 37.9 Å². The van der Waals surface area contributed by atoms with E-state index in [0.717, 1.165) is 17.3 Å². The van der Waals surface area contributed by atoms with Gasteiger partial charge in [0.15, 0.2) is 0 Å². The second kappa shape index (κ2) is 6.52. The molecular formula is C4H10S4. The first-order chi connectivity index (χ1) is 3.81. The molecule has 0 saturated heterocycles. The molecule has 0 rings (SSSR count). The van der Waals surface area contributed by atoms with Crippen molar-refractivity contribution in [2.24, 2.45) is 0 Å². The quantitative estimate of drug-likeness (QED) is 0.447. The van der Waals surface area contributed by atoms with E-state index in [1.54, 1.807) is 11.8 Å². The van der Waals surface area contributed by atoms with E-state index in [2.05, 4.69) is 37.9 Å². The Morgan fingerprint density at radius 3 is 2.38 bits per heavy atom. The summed E-state index contributed by atoms with van der Waals surface area (Å²) < 4.78 is 0.421. The molecule has 0 bridgehead atoms. The average Bonchev–Trinajstić information content (AvgIpc) is 1.68. The molecule has 0 aromatic rings. The average molecular weight is 186 g/mol. The normalized spacial score (nSPS) is 13.9. The largest absolute Gasteiger partial charge is 0.179 e. The summed E-state index contributed by atoms with van der Waals surface area (Å²) in [5, 5.41) is 0.849. The van der Waals surface area contributed by atoms with Crippen LogP contribution in [0.2, 0.25) is 0 Å². The fourth-order valence-electron chi connectivity index (χ4n) is 0.280. The number of thioether (sulfide) groups is 1. The molecule has 0 aromatic heterocycles. The van der Waals surface area contributed by atoms with Gasteiger partial charge in [-0.25, -0.2) is 0 Å². The van der Waals surface area contributed by atoms with Gasteiger partial charge in [-0.05, 0) is 12.2 Å². The summed E-state index contributed by atoms with van der Waals surface area (Å²) in [7, 11) is 0. The molecular weight excluding hydrogens is 176 g/mol. The van der Waals surface area contributed by atoms with Gasteiger partial charge in [-0.15, -0.1) is 11.8 Å². The molecule has 1 atom stereocenters. The molecule has 8 heavy (non-hydrogen) atoms. The molecule has 4 heteroatoms. The van der Waals surface area contributed by atoms with Gasteiger partial charge in [-0.3, -0.25) is 0 Å². The van der Waals surface area contributed by atoms with Crippen LogP contribution in [0.1, 0.15) is 6.42 Å². The summed E-state index contributed by atoms with van der Waals surface area (Å²) >= 11 is 14.1. The van der Waals surface area contributed by atoms with Crippen molar-refractivity contribution in [3.8, 4) is 0 Å². The van der Waals surface area contributed by atoms with Crippen molar-refractivity contribution in [1.29, 1.82) is 0 Å². The zero-order chi connectivity index (χ0) is 6.41. The first kappa shape index (κ1) is 9.40. The topological polar surface area (TPSA) is 0 Å². The van der Waals surface area contributed by atoms with Crippen LogP contribution in [0.3, 0.4) is 0 Å². The van der Waals surface area contributed by atoms with Crippen LogP contribution in [0, 0.1) is 0 Å². The minimum atomic E-state index is 0.421.